The molecule has 14 heavy (non-hydrogen) atoms. The van der Waals surface area contributed by atoms with Gasteiger partial charge in [0.05, 0.1) is 18.2 Å². The molecular formula is C11H14N2O. The van der Waals surface area contributed by atoms with E-state index in [9.17, 15) is 0 Å². The number of aromatic nitrogens is 2. The molecule has 74 valence electrons. The second kappa shape index (κ2) is 3.42. The second-order valence-corrected chi connectivity index (χ2v) is 3.64. The minimum absolute atomic E-state index is 0.119. The third kappa shape index (κ3) is 1.30. The van der Waals surface area contributed by atoms with E-state index in [1.54, 1.807) is 6.20 Å². The summed E-state index contributed by atoms with van der Waals surface area (Å²) in [6.45, 7) is 4.22. The van der Waals surface area contributed by atoms with Gasteiger partial charge in [-0.15, -0.1) is 0 Å². The van der Waals surface area contributed by atoms with Crippen LogP contribution in [0.2, 0.25) is 0 Å². The van der Waals surface area contributed by atoms with Crippen molar-refractivity contribution in [1.82, 2.24) is 9.55 Å². The molecule has 3 heteroatoms. The number of pyridine rings is 1. The van der Waals surface area contributed by atoms with Crippen LogP contribution in [0.3, 0.4) is 0 Å². The van der Waals surface area contributed by atoms with E-state index in [2.05, 4.69) is 22.7 Å². The fraction of sp³-hybridized carbons (Fsp3) is 0.364. The van der Waals surface area contributed by atoms with E-state index in [0.29, 0.717) is 0 Å². The second-order valence-electron chi connectivity index (χ2n) is 3.64. The maximum absolute atomic E-state index is 9.12. The molecule has 1 atom stereocenters. The Bertz CT molecular complexity index is 447. The summed E-state index contributed by atoms with van der Waals surface area (Å²) in [5, 5.41) is 10.3. The Morgan fingerprint density at radius 3 is 3.07 bits per heavy atom. The van der Waals surface area contributed by atoms with Gasteiger partial charge in [-0.2, -0.15) is 0 Å². The van der Waals surface area contributed by atoms with E-state index in [4.69, 9.17) is 5.11 Å². The monoisotopic (exact) mass is 190 g/mol. The molecule has 0 aliphatic rings. The van der Waals surface area contributed by atoms with Crippen molar-refractivity contribution in [3.05, 3.63) is 30.2 Å². The van der Waals surface area contributed by atoms with Crippen molar-refractivity contribution >= 4 is 10.9 Å². The number of nitrogens with zero attached hydrogens (tertiary/aromatic N) is 2. The first-order chi connectivity index (χ1) is 6.74. The maximum Gasteiger partial charge on any atom is 0.0636 e. The highest BCUT2D eigenvalue weighted by Gasteiger charge is 2.09. The van der Waals surface area contributed by atoms with Crippen LogP contribution in [0.5, 0.6) is 0 Å². The molecule has 0 saturated carbocycles. The molecule has 0 saturated heterocycles. The van der Waals surface area contributed by atoms with Crippen LogP contribution in [0.15, 0.2) is 24.7 Å². The Hall–Kier alpha value is -1.35. The molecule has 0 radical (unpaired) electrons. The highest BCUT2D eigenvalue weighted by molar-refractivity contribution is 5.82. The van der Waals surface area contributed by atoms with Gasteiger partial charge in [-0.05, 0) is 25.5 Å². The SMILES string of the molecule is Cc1cn(C(C)CO)c2ccncc12. The molecule has 3 nitrogen and oxygen atoms in total. The third-order valence-corrected chi connectivity index (χ3v) is 2.57. The van der Waals surface area contributed by atoms with Crippen LogP contribution in [0.4, 0.5) is 0 Å². The molecule has 0 spiro atoms. The molecule has 0 fully saturated rings. The van der Waals surface area contributed by atoms with Crippen LogP contribution in [-0.4, -0.2) is 21.3 Å². The smallest absolute Gasteiger partial charge is 0.0636 e. The van der Waals surface area contributed by atoms with E-state index >= 15 is 0 Å². The first-order valence-electron chi connectivity index (χ1n) is 4.76. The number of fused-ring (bicyclic) bond motifs is 1. The zero-order valence-corrected chi connectivity index (χ0v) is 8.44. The summed E-state index contributed by atoms with van der Waals surface area (Å²) in [7, 11) is 0. The summed E-state index contributed by atoms with van der Waals surface area (Å²) in [4.78, 5) is 4.10. The first-order valence-corrected chi connectivity index (χ1v) is 4.76. The zero-order chi connectivity index (χ0) is 10.1. The van der Waals surface area contributed by atoms with Gasteiger partial charge in [-0.25, -0.2) is 0 Å². The molecule has 0 amide bonds. The molecule has 0 aromatic carbocycles. The largest absolute Gasteiger partial charge is 0.394 e. The third-order valence-electron chi connectivity index (χ3n) is 2.57. The van der Waals surface area contributed by atoms with Gasteiger partial charge in [0.2, 0.25) is 0 Å². The molecular weight excluding hydrogens is 176 g/mol. The molecule has 1 unspecified atom stereocenters. The molecule has 2 rings (SSSR count). The van der Waals surface area contributed by atoms with E-state index in [-0.39, 0.29) is 12.6 Å². The Morgan fingerprint density at radius 2 is 2.36 bits per heavy atom. The van der Waals surface area contributed by atoms with Crippen molar-refractivity contribution in [2.45, 2.75) is 19.9 Å². The van der Waals surface area contributed by atoms with Gasteiger partial charge in [0.25, 0.3) is 0 Å². The van der Waals surface area contributed by atoms with Crippen molar-refractivity contribution in [2.75, 3.05) is 6.61 Å². The number of aryl methyl sites for hydroxylation is 1. The lowest BCUT2D eigenvalue weighted by Gasteiger charge is -2.11. The molecule has 2 aromatic rings. The van der Waals surface area contributed by atoms with E-state index in [1.807, 2.05) is 19.2 Å². The molecule has 1 N–H and O–H groups in total. The Morgan fingerprint density at radius 1 is 1.57 bits per heavy atom. The lowest BCUT2D eigenvalue weighted by Crippen LogP contribution is -2.07. The van der Waals surface area contributed by atoms with E-state index in [0.717, 1.165) is 10.9 Å². The van der Waals surface area contributed by atoms with Gasteiger partial charge in [-0.1, -0.05) is 0 Å². The average molecular weight is 190 g/mol. The van der Waals surface area contributed by atoms with Gasteiger partial charge < -0.3 is 9.67 Å². The highest BCUT2D eigenvalue weighted by atomic mass is 16.3. The summed E-state index contributed by atoms with van der Waals surface area (Å²) >= 11 is 0. The van der Waals surface area contributed by atoms with Crippen molar-refractivity contribution in [3.8, 4) is 0 Å². The van der Waals surface area contributed by atoms with Gasteiger partial charge in [-0.3, -0.25) is 4.98 Å². The molecule has 0 aliphatic heterocycles. The van der Waals surface area contributed by atoms with Crippen LogP contribution in [-0.2, 0) is 0 Å². The lowest BCUT2D eigenvalue weighted by molar-refractivity contribution is 0.241. The predicted octanol–water partition coefficient (Wildman–Crippen LogP) is 1.90. The van der Waals surface area contributed by atoms with Gasteiger partial charge in [0.1, 0.15) is 0 Å². The number of aliphatic hydroxyl groups is 1. The van der Waals surface area contributed by atoms with Crippen molar-refractivity contribution in [3.63, 3.8) is 0 Å². The van der Waals surface area contributed by atoms with E-state index < -0.39 is 0 Å². The summed E-state index contributed by atoms with van der Waals surface area (Å²) in [6, 6.07) is 2.10. The van der Waals surface area contributed by atoms with Gasteiger partial charge in [0, 0.05) is 24.0 Å². The number of hydrogen-bond acceptors (Lipinski definition) is 2. The minimum Gasteiger partial charge on any atom is -0.394 e. The average Bonchev–Trinajstić information content (AvgIpc) is 2.56. The predicted molar refractivity (Wildman–Crippen MR) is 56.3 cm³/mol. The Balaban J connectivity index is 2.66. The fourth-order valence-corrected chi connectivity index (χ4v) is 1.72. The van der Waals surface area contributed by atoms with Crippen LogP contribution in [0, 0.1) is 6.92 Å². The molecule has 0 bridgehead atoms. The standard InChI is InChI=1S/C11H14N2O/c1-8-6-13(9(2)7-14)11-3-4-12-5-10(8)11/h3-6,9,14H,7H2,1-2H3. The fourth-order valence-electron chi connectivity index (χ4n) is 1.72. The van der Waals surface area contributed by atoms with Crippen molar-refractivity contribution in [2.24, 2.45) is 0 Å². The summed E-state index contributed by atoms with van der Waals surface area (Å²) in [5.41, 5.74) is 2.34. The van der Waals surface area contributed by atoms with Crippen LogP contribution in [0.25, 0.3) is 10.9 Å². The molecule has 2 aromatic heterocycles. The topological polar surface area (TPSA) is 38.0 Å². The molecule has 0 aliphatic carbocycles. The van der Waals surface area contributed by atoms with Gasteiger partial charge in [0.15, 0.2) is 0 Å². The van der Waals surface area contributed by atoms with E-state index in [1.165, 1.54) is 5.56 Å². The molecule has 2 heterocycles. The van der Waals surface area contributed by atoms with Gasteiger partial charge >= 0.3 is 0 Å². The quantitative estimate of drug-likeness (QED) is 0.785. The minimum atomic E-state index is 0.119. The summed E-state index contributed by atoms with van der Waals surface area (Å²) in [5.74, 6) is 0. The van der Waals surface area contributed by atoms with Crippen molar-refractivity contribution in [1.29, 1.82) is 0 Å². The number of hydrogen-bond donors (Lipinski definition) is 1. The van der Waals surface area contributed by atoms with Crippen LogP contribution < -0.4 is 0 Å². The maximum atomic E-state index is 9.12. The normalized spacial score (nSPS) is 13.4. The van der Waals surface area contributed by atoms with Crippen LogP contribution >= 0.6 is 0 Å². The number of rotatable bonds is 2. The highest BCUT2D eigenvalue weighted by Crippen LogP contribution is 2.22. The number of aliphatic hydroxyl groups excluding tert-OH is 1. The summed E-state index contributed by atoms with van der Waals surface area (Å²) in [6.07, 6.45) is 5.71. The first kappa shape index (κ1) is 9.21. The summed E-state index contributed by atoms with van der Waals surface area (Å²) < 4.78 is 2.09. The Kier molecular flexibility index (Phi) is 2.25. The van der Waals surface area contributed by atoms with Crippen LogP contribution in [0.1, 0.15) is 18.5 Å². The van der Waals surface area contributed by atoms with Crippen molar-refractivity contribution < 1.29 is 5.11 Å². The zero-order valence-electron chi connectivity index (χ0n) is 8.44. The lowest BCUT2D eigenvalue weighted by atomic mass is 10.2. The Labute approximate surface area is 83.0 Å².